The molecule has 2 aromatic rings. The van der Waals surface area contributed by atoms with Gasteiger partial charge in [-0.3, -0.25) is 4.68 Å². The minimum atomic E-state index is 0.371. The molecule has 0 radical (unpaired) electrons. The van der Waals surface area contributed by atoms with Crippen LogP contribution >= 0.6 is 0 Å². The van der Waals surface area contributed by atoms with Crippen molar-refractivity contribution in [1.29, 1.82) is 0 Å². The van der Waals surface area contributed by atoms with Gasteiger partial charge in [0.05, 0.1) is 12.8 Å². The highest BCUT2D eigenvalue weighted by Gasteiger charge is 2.16. The minimum Gasteiger partial charge on any atom is -0.493 e. The number of benzene rings is 1. The van der Waals surface area contributed by atoms with E-state index in [9.17, 15) is 0 Å². The van der Waals surface area contributed by atoms with Crippen molar-refractivity contribution in [2.24, 2.45) is 7.05 Å². The van der Waals surface area contributed by atoms with Gasteiger partial charge in [0.2, 0.25) is 0 Å². The number of rotatable bonds is 5. The summed E-state index contributed by atoms with van der Waals surface area (Å²) in [5.41, 5.74) is 5.17. The van der Waals surface area contributed by atoms with Gasteiger partial charge in [-0.25, -0.2) is 0 Å². The van der Waals surface area contributed by atoms with Crippen LogP contribution in [0, 0.1) is 6.92 Å². The summed E-state index contributed by atoms with van der Waals surface area (Å²) in [5.74, 6) is 1.05. The molecule has 0 bridgehead atoms. The summed E-state index contributed by atoms with van der Waals surface area (Å²) < 4.78 is 7.50. The van der Waals surface area contributed by atoms with E-state index in [1.165, 1.54) is 22.4 Å². The van der Waals surface area contributed by atoms with E-state index in [2.05, 4.69) is 42.5 Å². The third-order valence-electron chi connectivity index (χ3n) is 4.40. The maximum atomic E-state index is 5.58. The Morgan fingerprint density at radius 1 is 1.43 bits per heavy atom. The molecule has 4 nitrogen and oxygen atoms in total. The molecule has 1 aliphatic heterocycles. The third kappa shape index (κ3) is 2.81. The predicted molar refractivity (Wildman–Crippen MR) is 83.5 cm³/mol. The molecule has 0 fully saturated rings. The summed E-state index contributed by atoms with van der Waals surface area (Å²) in [6, 6.07) is 6.95. The summed E-state index contributed by atoms with van der Waals surface area (Å²) in [4.78, 5) is 0. The lowest BCUT2D eigenvalue weighted by molar-refractivity contribution is 0.356. The van der Waals surface area contributed by atoms with Crippen molar-refractivity contribution in [3.8, 4) is 5.75 Å². The van der Waals surface area contributed by atoms with Gasteiger partial charge in [0.25, 0.3) is 0 Å². The van der Waals surface area contributed by atoms with Crippen molar-refractivity contribution in [1.82, 2.24) is 15.1 Å². The van der Waals surface area contributed by atoms with Crippen LogP contribution in [0.25, 0.3) is 0 Å². The first-order valence-electron chi connectivity index (χ1n) is 7.65. The second kappa shape index (κ2) is 5.90. The number of ether oxygens (including phenoxy) is 1. The lowest BCUT2D eigenvalue weighted by Gasteiger charge is -2.18. The second-order valence-electron chi connectivity index (χ2n) is 5.69. The van der Waals surface area contributed by atoms with E-state index in [4.69, 9.17) is 4.74 Å². The van der Waals surface area contributed by atoms with Gasteiger partial charge in [0, 0.05) is 37.3 Å². The average Bonchev–Trinajstić information content (AvgIpc) is 3.08. The van der Waals surface area contributed by atoms with Gasteiger partial charge in [0.15, 0.2) is 0 Å². The summed E-state index contributed by atoms with van der Waals surface area (Å²) in [7, 11) is 1.98. The van der Waals surface area contributed by atoms with Crippen LogP contribution in [0.5, 0.6) is 5.75 Å². The van der Waals surface area contributed by atoms with Crippen LogP contribution in [-0.4, -0.2) is 16.4 Å². The van der Waals surface area contributed by atoms with Crippen molar-refractivity contribution in [3.05, 3.63) is 46.8 Å². The Labute approximate surface area is 126 Å². The van der Waals surface area contributed by atoms with Crippen LogP contribution in [0.1, 0.15) is 41.8 Å². The van der Waals surface area contributed by atoms with E-state index in [1.807, 2.05) is 17.9 Å². The molecule has 1 atom stereocenters. The van der Waals surface area contributed by atoms with E-state index < -0.39 is 0 Å². The molecule has 3 rings (SSSR count). The third-order valence-corrected chi connectivity index (χ3v) is 4.40. The van der Waals surface area contributed by atoms with E-state index in [1.54, 1.807) is 0 Å². The second-order valence-corrected chi connectivity index (χ2v) is 5.69. The van der Waals surface area contributed by atoms with Gasteiger partial charge in [-0.15, -0.1) is 0 Å². The van der Waals surface area contributed by atoms with Crippen LogP contribution in [0.4, 0.5) is 0 Å². The molecular weight excluding hydrogens is 262 g/mol. The molecular formula is C17H23N3O. The fraction of sp³-hybridized carbons (Fsp3) is 0.471. The quantitative estimate of drug-likeness (QED) is 0.918. The van der Waals surface area contributed by atoms with Crippen molar-refractivity contribution < 1.29 is 4.74 Å². The number of hydrogen-bond donors (Lipinski definition) is 1. The molecule has 0 aliphatic carbocycles. The molecule has 21 heavy (non-hydrogen) atoms. The predicted octanol–water partition coefficient (Wildman–Crippen LogP) is 2.90. The van der Waals surface area contributed by atoms with Crippen LogP contribution < -0.4 is 10.1 Å². The topological polar surface area (TPSA) is 39.1 Å². The normalized spacial score (nSPS) is 14.8. The number of nitrogens with one attached hydrogen (secondary N) is 1. The maximum Gasteiger partial charge on any atom is 0.122 e. The zero-order chi connectivity index (χ0) is 14.8. The van der Waals surface area contributed by atoms with Crippen LogP contribution in [0.15, 0.2) is 24.4 Å². The van der Waals surface area contributed by atoms with Gasteiger partial charge >= 0.3 is 0 Å². The Morgan fingerprint density at radius 3 is 3.00 bits per heavy atom. The fourth-order valence-corrected chi connectivity index (χ4v) is 2.87. The Morgan fingerprint density at radius 2 is 2.29 bits per heavy atom. The monoisotopic (exact) mass is 285 g/mol. The first kappa shape index (κ1) is 14.1. The molecule has 1 N–H and O–H groups in total. The lowest BCUT2D eigenvalue weighted by atomic mass is 10.0. The zero-order valence-corrected chi connectivity index (χ0v) is 13.0. The first-order chi connectivity index (χ1) is 10.2. The van der Waals surface area contributed by atoms with Crippen LogP contribution in [0.2, 0.25) is 0 Å². The summed E-state index contributed by atoms with van der Waals surface area (Å²) >= 11 is 0. The number of hydrogen-bond acceptors (Lipinski definition) is 3. The molecule has 112 valence electrons. The molecule has 4 heteroatoms. The average molecular weight is 285 g/mol. The van der Waals surface area contributed by atoms with Gasteiger partial charge in [-0.2, -0.15) is 5.10 Å². The zero-order valence-electron chi connectivity index (χ0n) is 13.0. The Balaban J connectivity index is 1.72. The van der Waals surface area contributed by atoms with Crippen molar-refractivity contribution >= 4 is 0 Å². The largest absolute Gasteiger partial charge is 0.493 e. The number of aryl methyl sites for hydroxylation is 1. The SMILES string of the molecule is CCC(NCc1cnn(C)c1C)c1ccc2c(c1)CCO2. The fourth-order valence-electron chi connectivity index (χ4n) is 2.87. The van der Waals surface area contributed by atoms with Crippen molar-refractivity contribution in [2.75, 3.05) is 6.61 Å². The number of aromatic nitrogens is 2. The molecule has 2 heterocycles. The van der Waals surface area contributed by atoms with Crippen molar-refractivity contribution in [3.63, 3.8) is 0 Å². The molecule has 0 saturated heterocycles. The Kier molecular flexibility index (Phi) is 3.97. The van der Waals surface area contributed by atoms with Gasteiger partial charge < -0.3 is 10.1 Å². The molecule has 0 amide bonds. The number of nitrogens with zero attached hydrogens (tertiary/aromatic N) is 2. The highest BCUT2D eigenvalue weighted by Crippen LogP contribution is 2.29. The number of fused-ring (bicyclic) bond motifs is 1. The summed E-state index contributed by atoms with van der Waals surface area (Å²) in [6.07, 6.45) is 4.05. The smallest absolute Gasteiger partial charge is 0.122 e. The van der Waals surface area contributed by atoms with Crippen LogP contribution in [0.3, 0.4) is 0 Å². The van der Waals surface area contributed by atoms with Gasteiger partial charge in [0.1, 0.15) is 5.75 Å². The van der Waals surface area contributed by atoms with E-state index in [0.717, 1.165) is 31.7 Å². The van der Waals surface area contributed by atoms with E-state index in [0.29, 0.717) is 6.04 Å². The Bertz CT molecular complexity index is 633. The lowest BCUT2D eigenvalue weighted by Crippen LogP contribution is -2.20. The molecule has 1 aromatic heterocycles. The Hall–Kier alpha value is -1.81. The molecule has 0 spiro atoms. The molecule has 0 saturated carbocycles. The minimum absolute atomic E-state index is 0.371. The highest BCUT2D eigenvalue weighted by atomic mass is 16.5. The standard InChI is InChI=1S/C17H23N3O/c1-4-16(18-10-15-11-19-20(3)12(15)2)13-5-6-17-14(9-13)7-8-21-17/h5-6,9,11,16,18H,4,7-8,10H2,1-3H3. The van der Waals surface area contributed by atoms with Crippen molar-refractivity contribution in [2.45, 2.75) is 39.3 Å². The van der Waals surface area contributed by atoms with E-state index >= 15 is 0 Å². The highest BCUT2D eigenvalue weighted by molar-refractivity contribution is 5.40. The summed E-state index contributed by atoms with van der Waals surface area (Å²) in [5, 5.41) is 7.95. The molecule has 1 aliphatic rings. The van der Waals surface area contributed by atoms with Gasteiger partial charge in [-0.05, 0) is 30.5 Å². The van der Waals surface area contributed by atoms with Crippen LogP contribution in [-0.2, 0) is 20.0 Å². The first-order valence-corrected chi connectivity index (χ1v) is 7.65. The molecule has 1 unspecified atom stereocenters. The van der Waals surface area contributed by atoms with Gasteiger partial charge in [-0.1, -0.05) is 19.1 Å². The maximum absolute atomic E-state index is 5.58. The van der Waals surface area contributed by atoms with E-state index in [-0.39, 0.29) is 0 Å². The summed E-state index contributed by atoms with van der Waals surface area (Å²) in [6.45, 7) is 6.00. The molecule has 1 aromatic carbocycles.